The second-order valence-electron chi connectivity index (χ2n) is 7.61. The van der Waals surface area contributed by atoms with Crippen LogP contribution in [0.15, 0.2) is 47.5 Å². The van der Waals surface area contributed by atoms with Gasteiger partial charge in [0.25, 0.3) is 0 Å². The lowest BCUT2D eigenvalue weighted by molar-refractivity contribution is 0.0322. The van der Waals surface area contributed by atoms with E-state index in [1.165, 1.54) is 24.0 Å². The van der Waals surface area contributed by atoms with Gasteiger partial charge in [0, 0.05) is 25.3 Å². The molecule has 6 nitrogen and oxygen atoms in total. The minimum Gasteiger partial charge on any atom is -0.492 e. The predicted molar refractivity (Wildman–Crippen MR) is 132 cm³/mol. The Morgan fingerprint density at radius 2 is 1.93 bits per heavy atom. The van der Waals surface area contributed by atoms with E-state index in [0.29, 0.717) is 19.1 Å². The molecule has 2 aliphatic rings. The van der Waals surface area contributed by atoms with E-state index in [0.717, 1.165) is 56.3 Å². The third-order valence-electron chi connectivity index (χ3n) is 5.48. The lowest BCUT2D eigenvalue weighted by Gasteiger charge is -2.26. The molecular formula is C23H31IN4O2. The summed E-state index contributed by atoms with van der Waals surface area (Å²) >= 11 is 0. The van der Waals surface area contributed by atoms with Gasteiger partial charge in [0.2, 0.25) is 0 Å². The van der Waals surface area contributed by atoms with Crippen molar-refractivity contribution in [2.45, 2.75) is 25.8 Å². The molecule has 3 N–H and O–H groups in total. The molecule has 162 valence electrons. The summed E-state index contributed by atoms with van der Waals surface area (Å²) in [6.07, 6.45) is 3.58. The van der Waals surface area contributed by atoms with Crippen LogP contribution < -0.4 is 15.8 Å². The molecule has 0 spiro atoms. The second kappa shape index (κ2) is 11.5. The number of ether oxygens (including phenoxy) is 2. The zero-order valence-electron chi connectivity index (χ0n) is 17.3. The number of aryl methyl sites for hydroxylation is 2. The van der Waals surface area contributed by atoms with Crippen molar-refractivity contribution in [1.29, 1.82) is 0 Å². The smallest absolute Gasteiger partial charge is 0.193 e. The van der Waals surface area contributed by atoms with E-state index in [9.17, 15) is 0 Å². The predicted octanol–water partition coefficient (Wildman–Crippen LogP) is 3.43. The number of guanidine groups is 1. The minimum atomic E-state index is 0. The first kappa shape index (κ1) is 22.8. The van der Waals surface area contributed by atoms with Crippen molar-refractivity contribution in [3.8, 4) is 5.75 Å². The molecule has 2 aromatic rings. The Morgan fingerprint density at radius 1 is 1.10 bits per heavy atom. The van der Waals surface area contributed by atoms with Gasteiger partial charge >= 0.3 is 0 Å². The summed E-state index contributed by atoms with van der Waals surface area (Å²) in [5, 5.41) is 3.21. The lowest BCUT2D eigenvalue weighted by Crippen LogP contribution is -2.38. The van der Waals surface area contributed by atoms with Gasteiger partial charge in [0.1, 0.15) is 12.4 Å². The molecule has 0 unspecified atom stereocenters. The Hall–Kier alpha value is -1.84. The van der Waals surface area contributed by atoms with Gasteiger partial charge < -0.3 is 20.5 Å². The Bertz CT molecular complexity index is 853. The third kappa shape index (κ3) is 6.58. The van der Waals surface area contributed by atoms with Crippen LogP contribution in [0.25, 0.3) is 0 Å². The highest BCUT2D eigenvalue weighted by molar-refractivity contribution is 14.0. The highest BCUT2D eigenvalue weighted by Gasteiger charge is 2.11. The number of rotatable bonds is 7. The normalized spacial score (nSPS) is 16.6. The first-order chi connectivity index (χ1) is 14.3. The molecule has 1 aliphatic heterocycles. The number of aliphatic imine (C=N–C) groups is 1. The Labute approximate surface area is 195 Å². The van der Waals surface area contributed by atoms with Crippen LogP contribution in [0.1, 0.15) is 23.1 Å². The zero-order valence-corrected chi connectivity index (χ0v) is 19.6. The van der Waals surface area contributed by atoms with Gasteiger partial charge in [-0.25, -0.2) is 4.99 Å². The highest BCUT2D eigenvalue weighted by atomic mass is 127. The lowest BCUT2D eigenvalue weighted by atomic mass is 10.1. The number of benzene rings is 2. The second-order valence-corrected chi connectivity index (χ2v) is 7.61. The fourth-order valence-electron chi connectivity index (χ4n) is 3.86. The standard InChI is InChI=1S/C23H30N4O2.HI/c24-23(26-21-8-7-19-4-2-5-20(19)16-21)25-17-18-3-1-6-22(15-18)29-14-11-27-9-12-28-13-10-27;/h1,3,6-8,15-16H,2,4-5,9-14,17H2,(H3,24,25,26);1H. The van der Waals surface area contributed by atoms with Crippen LogP contribution in [0.5, 0.6) is 5.75 Å². The molecule has 7 heteroatoms. The molecule has 1 saturated heterocycles. The molecule has 4 rings (SSSR count). The largest absolute Gasteiger partial charge is 0.492 e. The molecule has 30 heavy (non-hydrogen) atoms. The number of morpholine rings is 1. The van der Waals surface area contributed by atoms with E-state index < -0.39 is 0 Å². The van der Waals surface area contributed by atoms with Crippen molar-refractivity contribution in [3.05, 3.63) is 59.2 Å². The van der Waals surface area contributed by atoms with Crippen LogP contribution in [0.3, 0.4) is 0 Å². The van der Waals surface area contributed by atoms with E-state index in [-0.39, 0.29) is 24.0 Å². The summed E-state index contributed by atoms with van der Waals surface area (Å²) < 4.78 is 11.3. The average Bonchev–Trinajstić information content (AvgIpc) is 3.21. The molecule has 0 saturated carbocycles. The van der Waals surface area contributed by atoms with Crippen LogP contribution in [-0.4, -0.2) is 50.3 Å². The van der Waals surface area contributed by atoms with Gasteiger partial charge in [0.15, 0.2) is 5.96 Å². The summed E-state index contributed by atoms with van der Waals surface area (Å²) in [6.45, 7) is 5.70. The monoisotopic (exact) mass is 522 g/mol. The number of anilines is 1. The summed E-state index contributed by atoms with van der Waals surface area (Å²) in [4.78, 5) is 6.85. The van der Waals surface area contributed by atoms with Gasteiger partial charge in [-0.2, -0.15) is 0 Å². The molecular weight excluding hydrogens is 491 g/mol. The number of nitrogens with two attached hydrogens (primary N) is 1. The van der Waals surface area contributed by atoms with E-state index in [1.807, 2.05) is 24.3 Å². The van der Waals surface area contributed by atoms with E-state index >= 15 is 0 Å². The van der Waals surface area contributed by atoms with Gasteiger partial charge in [0.05, 0.1) is 19.8 Å². The fourth-order valence-corrected chi connectivity index (χ4v) is 3.86. The average molecular weight is 522 g/mol. The molecule has 2 aromatic carbocycles. The quantitative estimate of drug-likeness (QED) is 0.331. The number of halogens is 1. The first-order valence-electron chi connectivity index (χ1n) is 10.5. The van der Waals surface area contributed by atoms with Crippen molar-refractivity contribution in [3.63, 3.8) is 0 Å². The maximum atomic E-state index is 6.09. The van der Waals surface area contributed by atoms with Crippen LogP contribution >= 0.6 is 24.0 Å². The van der Waals surface area contributed by atoms with Gasteiger partial charge in [-0.3, -0.25) is 4.90 Å². The molecule has 0 atom stereocenters. The van der Waals surface area contributed by atoms with Crippen LogP contribution in [-0.2, 0) is 24.1 Å². The maximum absolute atomic E-state index is 6.09. The Balaban J connectivity index is 0.00000256. The van der Waals surface area contributed by atoms with Gasteiger partial charge in [-0.15, -0.1) is 24.0 Å². The summed E-state index contributed by atoms with van der Waals surface area (Å²) in [7, 11) is 0. The summed E-state index contributed by atoms with van der Waals surface area (Å²) in [6, 6.07) is 14.5. The molecule has 0 radical (unpaired) electrons. The van der Waals surface area contributed by atoms with Crippen molar-refractivity contribution in [2.75, 3.05) is 44.8 Å². The van der Waals surface area contributed by atoms with Gasteiger partial charge in [-0.05, 0) is 60.2 Å². The number of hydrogen-bond donors (Lipinski definition) is 2. The third-order valence-corrected chi connectivity index (χ3v) is 5.48. The van der Waals surface area contributed by atoms with Crippen molar-refractivity contribution < 1.29 is 9.47 Å². The number of fused-ring (bicyclic) bond motifs is 1. The first-order valence-corrected chi connectivity index (χ1v) is 10.5. The molecule has 0 amide bonds. The SMILES string of the molecule is I.NC(=NCc1cccc(OCCN2CCOCC2)c1)Nc1ccc2c(c1)CCC2. The minimum absolute atomic E-state index is 0. The molecule has 1 heterocycles. The number of hydrogen-bond acceptors (Lipinski definition) is 4. The Kier molecular flexibility index (Phi) is 8.77. The highest BCUT2D eigenvalue weighted by Crippen LogP contribution is 2.24. The topological polar surface area (TPSA) is 72.1 Å². The number of nitrogens with zero attached hydrogens (tertiary/aromatic N) is 2. The molecule has 1 aliphatic carbocycles. The van der Waals surface area contributed by atoms with Crippen LogP contribution in [0.2, 0.25) is 0 Å². The van der Waals surface area contributed by atoms with E-state index in [4.69, 9.17) is 15.2 Å². The summed E-state index contributed by atoms with van der Waals surface area (Å²) in [5.41, 5.74) is 11.1. The zero-order chi connectivity index (χ0) is 19.9. The van der Waals surface area contributed by atoms with E-state index in [2.05, 4.69) is 33.4 Å². The fraction of sp³-hybridized carbons (Fsp3) is 0.435. The van der Waals surface area contributed by atoms with Crippen LogP contribution in [0.4, 0.5) is 5.69 Å². The molecule has 0 aromatic heterocycles. The van der Waals surface area contributed by atoms with Crippen molar-refractivity contribution >= 4 is 35.6 Å². The van der Waals surface area contributed by atoms with Crippen molar-refractivity contribution in [2.24, 2.45) is 10.7 Å². The Morgan fingerprint density at radius 3 is 2.80 bits per heavy atom. The molecule has 0 bridgehead atoms. The van der Waals surface area contributed by atoms with Crippen molar-refractivity contribution in [1.82, 2.24) is 4.90 Å². The summed E-state index contributed by atoms with van der Waals surface area (Å²) in [5.74, 6) is 1.30. The van der Waals surface area contributed by atoms with E-state index in [1.54, 1.807) is 0 Å². The number of nitrogens with one attached hydrogen (secondary N) is 1. The van der Waals surface area contributed by atoms with Crippen LogP contribution in [0, 0.1) is 0 Å². The maximum Gasteiger partial charge on any atom is 0.193 e. The van der Waals surface area contributed by atoms with Gasteiger partial charge in [-0.1, -0.05) is 18.2 Å². The molecule has 1 fully saturated rings.